The van der Waals surface area contributed by atoms with Gasteiger partial charge in [0.05, 0.1) is 16.2 Å². The lowest BCUT2D eigenvalue weighted by atomic mass is 10.2. The molecule has 10 heteroatoms. The van der Waals surface area contributed by atoms with Gasteiger partial charge in [0, 0.05) is 31.3 Å². The normalized spacial score (nSPS) is 11.1. The number of carbonyl (C=O) groups excluding carboxylic acids is 1. The van der Waals surface area contributed by atoms with Gasteiger partial charge in [-0.25, -0.2) is 4.98 Å². The molecule has 0 aliphatic rings. The molecule has 1 amide bonds. The van der Waals surface area contributed by atoms with Gasteiger partial charge < -0.3 is 9.64 Å². The number of nitro groups is 1. The van der Waals surface area contributed by atoms with Gasteiger partial charge in [0.15, 0.2) is 5.13 Å². The van der Waals surface area contributed by atoms with Gasteiger partial charge in [-0.15, -0.1) is 12.4 Å². The summed E-state index contributed by atoms with van der Waals surface area (Å²) < 4.78 is 6.66. The Labute approximate surface area is 209 Å². The van der Waals surface area contributed by atoms with Crippen molar-refractivity contribution < 1.29 is 14.5 Å². The summed E-state index contributed by atoms with van der Waals surface area (Å²) in [6.45, 7) is 9.65. The first kappa shape index (κ1) is 27.2. The molecule has 0 radical (unpaired) electrons. The largest absolute Gasteiger partial charge is 0.492 e. The zero-order chi connectivity index (χ0) is 23.8. The Morgan fingerprint density at radius 2 is 1.82 bits per heavy atom. The minimum atomic E-state index is -0.447. The lowest BCUT2D eigenvalue weighted by molar-refractivity contribution is -0.384. The van der Waals surface area contributed by atoms with Crippen LogP contribution in [-0.4, -0.2) is 53.5 Å². The predicted octanol–water partition coefficient (Wildman–Crippen LogP) is 5.41. The van der Waals surface area contributed by atoms with E-state index in [4.69, 9.17) is 9.72 Å². The van der Waals surface area contributed by atoms with Crippen molar-refractivity contribution in [2.45, 2.75) is 20.8 Å². The average Bonchev–Trinajstić information content (AvgIpc) is 3.26. The van der Waals surface area contributed by atoms with Crippen LogP contribution in [0.3, 0.4) is 0 Å². The van der Waals surface area contributed by atoms with E-state index in [1.165, 1.54) is 29.5 Å². The van der Waals surface area contributed by atoms with Crippen LogP contribution in [0.1, 0.15) is 26.3 Å². The minimum absolute atomic E-state index is 0. The number of aromatic nitrogens is 1. The van der Waals surface area contributed by atoms with Crippen LogP contribution in [0.25, 0.3) is 16.3 Å². The highest BCUT2D eigenvalue weighted by Gasteiger charge is 2.20. The number of hydrogen-bond acceptors (Lipinski definition) is 7. The molecule has 0 unspecified atom stereocenters. The minimum Gasteiger partial charge on any atom is -0.492 e. The molecule has 0 saturated carbocycles. The summed E-state index contributed by atoms with van der Waals surface area (Å²) in [7, 11) is 0. The molecule has 3 aromatic rings. The van der Waals surface area contributed by atoms with Crippen molar-refractivity contribution in [1.82, 2.24) is 9.88 Å². The fourth-order valence-corrected chi connectivity index (χ4v) is 4.36. The number of amides is 1. The van der Waals surface area contributed by atoms with Crippen LogP contribution in [0.2, 0.25) is 0 Å². The van der Waals surface area contributed by atoms with Crippen molar-refractivity contribution in [3.63, 3.8) is 0 Å². The molecule has 2 aromatic carbocycles. The number of anilines is 1. The molecule has 34 heavy (non-hydrogen) atoms. The van der Waals surface area contributed by atoms with E-state index in [2.05, 4.69) is 18.7 Å². The van der Waals surface area contributed by atoms with Crippen LogP contribution in [0.4, 0.5) is 10.8 Å². The third-order valence-electron chi connectivity index (χ3n) is 5.22. The molecule has 182 valence electrons. The SMILES string of the molecule is CCOc1cccc2sc(N(CCN(CC)CC)C(=O)C=Cc3ccc([N+](=O)[O-])cc3)nc12.Cl. The van der Waals surface area contributed by atoms with Gasteiger partial charge in [0.2, 0.25) is 0 Å². The highest BCUT2D eigenvalue weighted by molar-refractivity contribution is 7.22. The van der Waals surface area contributed by atoms with E-state index < -0.39 is 4.92 Å². The Morgan fingerprint density at radius 3 is 2.44 bits per heavy atom. The monoisotopic (exact) mass is 504 g/mol. The molecule has 0 atom stereocenters. The molecule has 0 bridgehead atoms. The summed E-state index contributed by atoms with van der Waals surface area (Å²) in [5, 5.41) is 11.5. The molecule has 0 fully saturated rings. The van der Waals surface area contributed by atoms with E-state index in [1.807, 2.05) is 25.1 Å². The molecule has 0 aliphatic carbocycles. The molecule has 0 spiro atoms. The molecular weight excluding hydrogens is 476 g/mol. The van der Waals surface area contributed by atoms with E-state index in [-0.39, 0.29) is 24.0 Å². The molecule has 0 aliphatic heterocycles. The first-order valence-electron chi connectivity index (χ1n) is 11.0. The van der Waals surface area contributed by atoms with Gasteiger partial charge in [0.1, 0.15) is 11.3 Å². The number of nitrogens with zero attached hydrogens (tertiary/aromatic N) is 4. The number of likely N-dealkylation sites (N-methyl/N-ethyl adjacent to an activating group) is 1. The number of nitro benzene ring substituents is 1. The smallest absolute Gasteiger partial charge is 0.269 e. The van der Waals surface area contributed by atoms with Gasteiger partial charge >= 0.3 is 0 Å². The van der Waals surface area contributed by atoms with Crippen molar-refractivity contribution >= 4 is 56.8 Å². The fraction of sp³-hybridized carbons (Fsp3) is 0.333. The maximum atomic E-state index is 13.2. The van der Waals surface area contributed by atoms with E-state index in [0.29, 0.717) is 29.6 Å². The van der Waals surface area contributed by atoms with Crippen LogP contribution in [-0.2, 0) is 4.79 Å². The van der Waals surface area contributed by atoms with Crippen molar-refractivity contribution in [2.24, 2.45) is 0 Å². The Bertz CT molecular complexity index is 1130. The summed E-state index contributed by atoms with van der Waals surface area (Å²) in [5.74, 6) is 0.507. The summed E-state index contributed by atoms with van der Waals surface area (Å²) >= 11 is 1.45. The molecule has 3 rings (SSSR count). The van der Waals surface area contributed by atoms with E-state index >= 15 is 0 Å². The maximum Gasteiger partial charge on any atom is 0.269 e. The lowest BCUT2D eigenvalue weighted by Gasteiger charge is -2.23. The highest BCUT2D eigenvalue weighted by Crippen LogP contribution is 2.34. The van der Waals surface area contributed by atoms with Crippen molar-refractivity contribution in [2.75, 3.05) is 37.7 Å². The molecule has 0 N–H and O–H groups in total. The number of benzene rings is 2. The fourth-order valence-electron chi connectivity index (χ4n) is 3.34. The van der Waals surface area contributed by atoms with Crippen LogP contribution in [0, 0.1) is 10.1 Å². The molecule has 8 nitrogen and oxygen atoms in total. The standard InChI is InChI=1S/C24H28N4O4S.ClH/c1-4-26(5-2)16-17-27(22(29)15-12-18-10-13-19(14-11-18)28(30)31)24-25-23-20(32-6-3)8-7-9-21(23)33-24;/h7-15H,4-6,16-17H2,1-3H3;1H. The number of rotatable bonds is 11. The van der Waals surface area contributed by atoms with Crippen LogP contribution >= 0.6 is 23.7 Å². The van der Waals surface area contributed by atoms with Crippen LogP contribution in [0.15, 0.2) is 48.5 Å². The molecular formula is C24H29ClN4O4S. The zero-order valence-electron chi connectivity index (χ0n) is 19.5. The number of carbonyl (C=O) groups is 1. The number of thiazole rings is 1. The second kappa shape index (κ2) is 13.0. The lowest BCUT2D eigenvalue weighted by Crippen LogP contribution is -2.38. The average molecular weight is 505 g/mol. The van der Waals surface area contributed by atoms with E-state index in [1.54, 1.807) is 23.1 Å². The highest BCUT2D eigenvalue weighted by atomic mass is 35.5. The van der Waals surface area contributed by atoms with Crippen LogP contribution in [0.5, 0.6) is 5.75 Å². The number of fused-ring (bicyclic) bond motifs is 1. The summed E-state index contributed by atoms with van der Waals surface area (Å²) in [5.41, 5.74) is 1.47. The number of para-hydroxylation sites is 1. The van der Waals surface area contributed by atoms with Crippen molar-refractivity contribution in [3.8, 4) is 5.75 Å². The predicted molar refractivity (Wildman–Crippen MR) is 140 cm³/mol. The summed E-state index contributed by atoms with van der Waals surface area (Å²) in [6.07, 6.45) is 3.15. The topological polar surface area (TPSA) is 88.8 Å². The van der Waals surface area contributed by atoms with Crippen molar-refractivity contribution in [1.29, 1.82) is 0 Å². The van der Waals surface area contributed by atoms with E-state index in [0.717, 1.165) is 29.9 Å². The van der Waals surface area contributed by atoms with Gasteiger partial charge in [-0.05, 0) is 55.9 Å². The third-order valence-corrected chi connectivity index (χ3v) is 6.27. The summed E-state index contributed by atoms with van der Waals surface area (Å²) in [4.78, 5) is 32.3. The van der Waals surface area contributed by atoms with Gasteiger partial charge in [-0.2, -0.15) is 0 Å². The number of halogens is 1. The number of non-ortho nitro benzene ring substituents is 1. The number of ether oxygens (including phenoxy) is 1. The Kier molecular flexibility index (Phi) is 10.4. The van der Waals surface area contributed by atoms with E-state index in [9.17, 15) is 14.9 Å². The zero-order valence-corrected chi connectivity index (χ0v) is 21.1. The van der Waals surface area contributed by atoms with Gasteiger partial charge in [-0.1, -0.05) is 31.3 Å². The first-order chi connectivity index (χ1) is 16.0. The molecule has 1 aromatic heterocycles. The first-order valence-corrected chi connectivity index (χ1v) is 11.8. The Balaban J connectivity index is 0.00000408. The summed E-state index contributed by atoms with van der Waals surface area (Å²) in [6, 6.07) is 11.9. The second-order valence-corrected chi connectivity index (χ2v) is 8.24. The third kappa shape index (κ3) is 6.75. The second-order valence-electron chi connectivity index (χ2n) is 7.23. The number of hydrogen-bond donors (Lipinski definition) is 0. The Hall–Kier alpha value is -3.01. The van der Waals surface area contributed by atoms with Gasteiger partial charge in [0.25, 0.3) is 11.6 Å². The Morgan fingerprint density at radius 1 is 1.12 bits per heavy atom. The van der Waals surface area contributed by atoms with Gasteiger partial charge in [-0.3, -0.25) is 19.8 Å². The van der Waals surface area contributed by atoms with Crippen molar-refractivity contribution in [3.05, 3.63) is 64.2 Å². The molecule has 1 heterocycles. The van der Waals surface area contributed by atoms with Crippen LogP contribution < -0.4 is 9.64 Å². The molecule has 0 saturated heterocycles. The quantitative estimate of drug-likeness (QED) is 0.197. The maximum absolute atomic E-state index is 13.2.